The number of imidazole rings is 1. The van der Waals surface area contributed by atoms with Crippen molar-refractivity contribution in [2.75, 3.05) is 6.54 Å². The molecule has 6 nitrogen and oxygen atoms in total. The van der Waals surface area contributed by atoms with Crippen LogP contribution in [0.4, 0.5) is 0 Å². The average molecular weight is 263 g/mol. The van der Waals surface area contributed by atoms with E-state index in [1.54, 1.807) is 6.33 Å². The zero-order valence-electron chi connectivity index (χ0n) is 10.5. The number of carboxylic acid groups (broad SMARTS) is 1. The van der Waals surface area contributed by atoms with Gasteiger partial charge in [0.1, 0.15) is 0 Å². The van der Waals surface area contributed by atoms with E-state index in [9.17, 15) is 9.90 Å². The largest absolute Gasteiger partial charge is 0.481 e. The molecule has 0 bridgehead atoms. The summed E-state index contributed by atoms with van der Waals surface area (Å²) in [5.74, 6) is -0.885. The highest BCUT2D eigenvalue weighted by Crippen LogP contribution is 2.11. The molecule has 0 fully saturated rings. The highest BCUT2D eigenvalue weighted by Gasteiger charge is 2.06. The van der Waals surface area contributed by atoms with Crippen LogP contribution in [0.2, 0.25) is 0 Å². The molecule has 1 heterocycles. The fourth-order valence-electron chi connectivity index (χ4n) is 1.87. The Balaban J connectivity index is 1.77. The molecule has 2 rings (SSSR count). The predicted molar refractivity (Wildman–Crippen MR) is 70.7 cm³/mol. The number of fused-ring (bicyclic) bond motifs is 1. The number of hydrogen-bond donors (Lipinski definition) is 4. The number of rotatable bonds is 7. The van der Waals surface area contributed by atoms with Gasteiger partial charge in [0.15, 0.2) is 0 Å². The van der Waals surface area contributed by atoms with Gasteiger partial charge in [-0.05, 0) is 24.1 Å². The van der Waals surface area contributed by atoms with Crippen molar-refractivity contribution in [1.82, 2.24) is 15.3 Å². The number of H-pyrrole nitrogens is 1. The first-order chi connectivity index (χ1) is 9.15. The van der Waals surface area contributed by atoms with Crippen LogP contribution in [-0.2, 0) is 11.3 Å². The van der Waals surface area contributed by atoms with Gasteiger partial charge in [0.25, 0.3) is 0 Å². The molecule has 0 radical (unpaired) electrons. The summed E-state index contributed by atoms with van der Waals surface area (Å²) in [4.78, 5) is 17.5. The van der Waals surface area contributed by atoms with E-state index >= 15 is 0 Å². The Morgan fingerprint density at radius 2 is 2.32 bits per heavy atom. The summed E-state index contributed by atoms with van der Waals surface area (Å²) < 4.78 is 0. The number of carbonyl (C=O) groups is 1. The highest BCUT2D eigenvalue weighted by molar-refractivity contribution is 5.74. The number of aromatic amines is 1. The molecule has 0 saturated heterocycles. The molecule has 0 amide bonds. The van der Waals surface area contributed by atoms with E-state index in [0.717, 1.165) is 16.6 Å². The lowest BCUT2D eigenvalue weighted by molar-refractivity contribution is -0.137. The molecule has 4 N–H and O–H groups in total. The maximum absolute atomic E-state index is 10.4. The third kappa shape index (κ3) is 4.04. The van der Waals surface area contributed by atoms with Gasteiger partial charge < -0.3 is 20.5 Å². The molecule has 1 atom stereocenters. The minimum Gasteiger partial charge on any atom is -0.481 e. The predicted octanol–water partition coefficient (Wildman–Crippen LogP) is 0.878. The fraction of sp³-hybridized carbons (Fsp3) is 0.385. The van der Waals surface area contributed by atoms with Gasteiger partial charge in [0.05, 0.1) is 23.5 Å². The second kappa shape index (κ2) is 6.31. The first-order valence-electron chi connectivity index (χ1n) is 6.18. The maximum atomic E-state index is 10.4. The molecule has 1 unspecified atom stereocenters. The van der Waals surface area contributed by atoms with Crippen LogP contribution in [0.5, 0.6) is 0 Å². The van der Waals surface area contributed by atoms with Crippen molar-refractivity contribution in [2.24, 2.45) is 0 Å². The SMILES string of the molecule is O=C(O)CCC(O)CNCc1ccc2nc[nH]c2c1. The van der Waals surface area contributed by atoms with Crippen molar-refractivity contribution in [3.05, 3.63) is 30.1 Å². The van der Waals surface area contributed by atoms with Crippen LogP contribution in [0.15, 0.2) is 24.5 Å². The van der Waals surface area contributed by atoms with Gasteiger partial charge in [0, 0.05) is 19.5 Å². The van der Waals surface area contributed by atoms with Crippen molar-refractivity contribution in [3.63, 3.8) is 0 Å². The molecule has 19 heavy (non-hydrogen) atoms. The summed E-state index contributed by atoms with van der Waals surface area (Å²) in [5, 5.41) is 21.2. The molecule has 0 aliphatic carbocycles. The number of nitrogens with one attached hydrogen (secondary N) is 2. The monoisotopic (exact) mass is 263 g/mol. The minimum atomic E-state index is -0.885. The first-order valence-corrected chi connectivity index (χ1v) is 6.18. The number of carboxylic acids is 1. The number of aromatic nitrogens is 2. The zero-order chi connectivity index (χ0) is 13.7. The van der Waals surface area contributed by atoms with Gasteiger partial charge in [-0.15, -0.1) is 0 Å². The Bertz CT molecular complexity index is 553. The van der Waals surface area contributed by atoms with Crippen molar-refractivity contribution in [1.29, 1.82) is 0 Å². The Hall–Kier alpha value is -1.92. The molecule has 102 valence electrons. The molecule has 0 aliphatic heterocycles. The number of aliphatic hydroxyl groups excluding tert-OH is 1. The second-order valence-corrected chi connectivity index (χ2v) is 4.47. The quantitative estimate of drug-likeness (QED) is 0.594. The van der Waals surface area contributed by atoms with Gasteiger partial charge in [0.2, 0.25) is 0 Å². The highest BCUT2D eigenvalue weighted by atomic mass is 16.4. The minimum absolute atomic E-state index is 0.0110. The fourth-order valence-corrected chi connectivity index (χ4v) is 1.87. The smallest absolute Gasteiger partial charge is 0.303 e. The Kier molecular flexibility index (Phi) is 4.48. The van der Waals surface area contributed by atoms with E-state index in [2.05, 4.69) is 15.3 Å². The number of aliphatic hydroxyl groups is 1. The van der Waals surface area contributed by atoms with Gasteiger partial charge in [-0.1, -0.05) is 6.07 Å². The molecular formula is C13H17N3O3. The van der Waals surface area contributed by atoms with Crippen molar-refractivity contribution < 1.29 is 15.0 Å². The lowest BCUT2D eigenvalue weighted by Gasteiger charge is -2.10. The molecule has 0 saturated carbocycles. The number of benzene rings is 1. The zero-order valence-corrected chi connectivity index (χ0v) is 10.5. The van der Waals surface area contributed by atoms with E-state index in [-0.39, 0.29) is 12.8 Å². The molecule has 6 heteroatoms. The summed E-state index contributed by atoms with van der Waals surface area (Å²) in [6, 6.07) is 5.91. The van der Waals surface area contributed by atoms with Crippen LogP contribution < -0.4 is 5.32 Å². The van der Waals surface area contributed by atoms with Gasteiger partial charge in [-0.3, -0.25) is 4.79 Å². The van der Waals surface area contributed by atoms with E-state index in [0.29, 0.717) is 13.1 Å². The first kappa shape index (κ1) is 13.5. The molecule has 2 aromatic rings. The van der Waals surface area contributed by atoms with Crippen LogP contribution in [-0.4, -0.2) is 38.8 Å². The van der Waals surface area contributed by atoms with Gasteiger partial charge in [-0.25, -0.2) is 4.98 Å². The van der Waals surface area contributed by atoms with Crippen LogP contribution in [0, 0.1) is 0 Å². The summed E-state index contributed by atoms with van der Waals surface area (Å²) in [5.41, 5.74) is 2.98. The van der Waals surface area contributed by atoms with E-state index in [4.69, 9.17) is 5.11 Å². The number of hydrogen-bond acceptors (Lipinski definition) is 4. The van der Waals surface area contributed by atoms with Crippen molar-refractivity contribution in [2.45, 2.75) is 25.5 Å². The van der Waals surface area contributed by atoms with Gasteiger partial charge >= 0.3 is 5.97 Å². The van der Waals surface area contributed by atoms with E-state index in [1.165, 1.54) is 0 Å². The normalized spacial score (nSPS) is 12.7. The van der Waals surface area contributed by atoms with E-state index in [1.807, 2.05) is 18.2 Å². The summed E-state index contributed by atoms with van der Waals surface area (Å²) in [7, 11) is 0. The third-order valence-corrected chi connectivity index (χ3v) is 2.89. The topological polar surface area (TPSA) is 98.2 Å². The molecular weight excluding hydrogens is 246 g/mol. The molecule has 0 aliphatic rings. The summed E-state index contributed by atoms with van der Waals surface area (Å²) in [6.07, 6.45) is 1.27. The van der Waals surface area contributed by atoms with Crippen LogP contribution in [0.25, 0.3) is 11.0 Å². The van der Waals surface area contributed by atoms with Crippen molar-refractivity contribution >= 4 is 17.0 Å². The Morgan fingerprint density at radius 1 is 1.47 bits per heavy atom. The second-order valence-electron chi connectivity index (χ2n) is 4.47. The standard InChI is InChI=1S/C13H17N3O3/c17-10(2-4-13(18)19)7-14-6-9-1-3-11-12(5-9)16-8-15-11/h1,3,5,8,10,14,17H,2,4,6-7H2,(H,15,16)(H,18,19). The lowest BCUT2D eigenvalue weighted by Crippen LogP contribution is -2.26. The van der Waals surface area contributed by atoms with Crippen LogP contribution in [0.1, 0.15) is 18.4 Å². The van der Waals surface area contributed by atoms with Gasteiger partial charge in [-0.2, -0.15) is 0 Å². The number of aliphatic carboxylic acids is 1. The summed E-state index contributed by atoms with van der Waals surface area (Å²) >= 11 is 0. The number of nitrogens with zero attached hydrogens (tertiary/aromatic N) is 1. The lowest BCUT2D eigenvalue weighted by atomic mass is 10.1. The summed E-state index contributed by atoms with van der Waals surface area (Å²) in [6.45, 7) is 1.01. The van der Waals surface area contributed by atoms with Crippen molar-refractivity contribution in [3.8, 4) is 0 Å². The third-order valence-electron chi connectivity index (χ3n) is 2.89. The van der Waals surface area contributed by atoms with E-state index < -0.39 is 12.1 Å². The molecule has 0 spiro atoms. The maximum Gasteiger partial charge on any atom is 0.303 e. The Labute approximate surface area is 110 Å². The van der Waals surface area contributed by atoms with Crippen LogP contribution >= 0.6 is 0 Å². The average Bonchev–Trinajstić information content (AvgIpc) is 2.83. The Morgan fingerprint density at radius 3 is 3.11 bits per heavy atom. The van der Waals surface area contributed by atoms with Crippen LogP contribution in [0.3, 0.4) is 0 Å². The molecule has 1 aromatic carbocycles. The molecule has 1 aromatic heterocycles.